The van der Waals surface area contributed by atoms with E-state index in [2.05, 4.69) is 38.1 Å². The van der Waals surface area contributed by atoms with Crippen LogP contribution in [-0.4, -0.2) is 48.0 Å². The summed E-state index contributed by atoms with van der Waals surface area (Å²) in [5.41, 5.74) is 3.19. The van der Waals surface area contributed by atoms with Crippen molar-refractivity contribution in [2.75, 3.05) is 36.4 Å². The van der Waals surface area contributed by atoms with Gasteiger partial charge in [0.05, 0.1) is 5.56 Å². The second kappa shape index (κ2) is 10.8. The Morgan fingerprint density at radius 1 is 0.818 bits per heavy atom. The number of halogens is 1. The summed E-state index contributed by atoms with van der Waals surface area (Å²) >= 11 is 7.43. The van der Waals surface area contributed by atoms with Crippen molar-refractivity contribution in [1.29, 1.82) is 0 Å². The predicted octanol–water partition coefficient (Wildman–Crippen LogP) is 4.38. The fourth-order valence-corrected chi connectivity index (χ4v) is 4.51. The third-order valence-corrected chi connectivity index (χ3v) is 6.57. The lowest BCUT2D eigenvalue weighted by molar-refractivity contribution is 0.0746. The summed E-state index contributed by atoms with van der Waals surface area (Å²) in [6.07, 6.45) is 0. The third kappa shape index (κ3) is 5.88. The van der Waals surface area contributed by atoms with Crippen LogP contribution in [0.25, 0.3) is 0 Å². The highest BCUT2D eigenvalue weighted by Crippen LogP contribution is 2.20. The van der Waals surface area contributed by atoms with Gasteiger partial charge in [-0.2, -0.15) is 0 Å². The first-order chi connectivity index (χ1) is 16.0. The van der Waals surface area contributed by atoms with Crippen LogP contribution in [0.4, 0.5) is 11.4 Å². The van der Waals surface area contributed by atoms with E-state index >= 15 is 0 Å². The number of rotatable bonds is 4. The van der Waals surface area contributed by atoms with Crippen LogP contribution in [-0.2, 0) is 0 Å². The Bertz CT molecular complexity index is 1150. The van der Waals surface area contributed by atoms with E-state index in [0.717, 1.165) is 33.6 Å². The maximum Gasteiger partial charge on any atom is 0.258 e. The van der Waals surface area contributed by atoms with Gasteiger partial charge in [-0.3, -0.25) is 14.9 Å². The molecule has 0 radical (unpaired) electrons. The lowest BCUT2D eigenvalue weighted by atomic mass is 10.1. The molecule has 0 aromatic heterocycles. The third-order valence-electron chi connectivity index (χ3n) is 5.42. The van der Waals surface area contributed by atoms with Crippen molar-refractivity contribution < 1.29 is 9.59 Å². The van der Waals surface area contributed by atoms with Crippen molar-refractivity contribution in [3.63, 3.8) is 0 Å². The van der Waals surface area contributed by atoms with Crippen LogP contribution in [0, 0.1) is 3.57 Å². The maximum absolute atomic E-state index is 12.6. The number of nitrogens with zero attached hydrogens (tertiary/aromatic N) is 2. The first-order valence-corrected chi connectivity index (χ1v) is 12.1. The van der Waals surface area contributed by atoms with Crippen LogP contribution < -0.4 is 15.5 Å². The molecule has 2 amide bonds. The molecule has 0 atom stereocenters. The highest BCUT2D eigenvalue weighted by molar-refractivity contribution is 14.1. The zero-order valence-electron chi connectivity index (χ0n) is 17.8. The van der Waals surface area contributed by atoms with E-state index in [1.807, 2.05) is 77.7 Å². The molecular formula is C25H23IN4O2S. The summed E-state index contributed by atoms with van der Waals surface area (Å²) in [6, 6.07) is 24.6. The van der Waals surface area contributed by atoms with Gasteiger partial charge in [-0.25, -0.2) is 0 Å². The number of thiocarbonyl (C=S) groups is 1. The smallest absolute Gasteiger partial charge is 0.258 e. The van der Waals surface area contributed by atoms with Gasteiger partial charge >= 0.3 is 0 Å². The summed E-state index contributed by atoms with van der Waals surface area (Å²) in [4.78, 5) is 29.2. The molecular weight excluding hydrogens is 547 g/mol. The van der Waals surface area contributed by atoms with Crippen LogP contribution in [0.1, 0.15) is 20.7 Å². The van der Waals surface area contributed by atoms with Gasteiger partial charge in [0.15, 0.2) is 5.11 Å². The number of nitrogens with one attached hydrogen (secondary N) is 2. The molecule has 1 saturated heterocycles. The molecule has 33 heavy (non-hydrogen) atoms. The van der Waals surface area contributed by atoms with Gasteiger partial charge in [-0.05, 0) is 83.3 Å². The zero-order valence-corrected chi connectivity index (χ0v) is 20.8. The molecule has 0 unspecified atom stereocenters. The van der Waals surface area contributed by atoms with Gasteiger partial charge in [0.25, 0.3) is 11.8 Å². The summed E-state index contributed by atoms with van der Waals surface area (Å²) in [6.45, 7) is 2.91. The van der Waals surface area contributed by atoms with Crippen molar-refractivity contribution in [2.45, 2.75) is 0 Å². The number of piperazine rings is 1. The van der Waals surface area contributed by atoms with Gasteiger partial charge in [0.1, 0.15) is 0 Å². The Labute approximate surface area is 212 Å². The molecule has 168 valence electrons. The van der Waals surface area contributed by atoms with Crippen LogP contribution in [0.5, 0.6) is 0 Å². The fourth-order valence-electron chi connectivity index (χ4n) is 3.66. The first kappa shape index (κ1) is 23.2. The number of carbonyl (C=O) groups is 2. The number of hydrogen-bond donors (Lipinski definition) is 2. The topological polar surface area (TPSA) is 64.7 Å². The monoisotopic (exact) mass is 570 g/mol. The van der Waals surface area contributed by atoms with Crippen molar-refractivity contribution in [1.82, 2.24) is 10.2 Å². The van der Waals surface area contributed by atoms with Gasteiger partial charge in [-0.15, -0.1) is 0 Å². The molecule has 0 bridgehead atoms. The van der Waals surface area contributed by atoms with Gasteiger partial charge in [-0.1, -0.05) is 30.3 Å². The molecule has 3 aromatic rings. The highest BCUT2D eigenvalue weighted by Gasteiger charge is 2.22. The summed E-state index contributed by atoms with van der Waals surface area (Å²) in [5, 5.41) is 6.03. The Morgan fingerprint density at radius 3 is 2.12 bits per heavy atom. The Hall–Kier alpha value is -2.98. The van der Waals surface area contributed by atoms with E-state index in [1.54, 1.807) is 6.07 Å². The van der Waals surface area contributed by atoms with Crippen molar-refractivity contribution >= 4 is 63.1 Å². The molecule has 3 aromatic carbocycles. The molecule has 0 aliphatic carbocycles. The summed E-state index contributed by atoms with van der Waals surface area (Å²) in [5.74, 6) is -0.160. The summed E-state index contributed by atoms with van der Waals surface area (Å²) < 4.78 is 0.866. The Morgan fingerprint density at radius 2 is 1.45 bits per heavy atom. The van der Waals surface area contributed by atoms with E-state index in [9.17, 15) is 9.59 Å². The lowest BCUT2D eigenvalue weighted by Crippen LogP contribution is -2.48. The molecule has 0 spiro atoms. The first-order valence-electron chi connectivity index (χ1n) is 10.6. The zero-order chi connectivity index (χ0) is 23.2. The number of amides is 2. The summed E-state index contributed by atoms with van der Waals surface area (Å²) in [7, 11) is 0. The minimum absolute atomic E-state index is 0.0792. The normalized spacial score (nSPS) is 13.4. The van der Waals surface area contributed by atoms with Crippen LogP contribution in [0.2, 0.25) is 0 Å². The Kier molecular flexibility index (Phi) is 7.56. The van der Waals surface area contributed by atoms with Crippen molar-refractivity contribution in [3.8, 4) is 0 Å². The molecule has 6 nitrogen and oxygen atoms in total. The molecule has 8 heteroatoms. The quantitative estimate of drug-likeness (QED) is 0.360. The second-order valence-corrected chi connectivity index (χ2v) is 9.15. The van der Waals surface area contributed by atoms with Gasteiger partial charge < -0.3 is 15.1 Å². The molecule has 2 N–H and O–H groups in total. The van der Waals surface area contributed by atoms with E-state index in [-0.39, 0.29) is 16.9 Å². The highest BCUT2D eigenvalue weighted by atomic mass is 127. The van der Waals surface area contributed by atoms with Gasteiger partial charge in [0.2, 0.25) is 0 Å². The molecule has 0 saturated carbocycles. The molecule has 1 aliphatic heterocycles. The van der Waals surface area contributed by atoms with E-state index in [1.165, 1.54) is 0 Å². The molecule has 4 rings (SSSR count). The van der Waals surface area contributed by atoms with E-state index in [0.29, 0.717) is 18.7 Å². The Balaban J connectivity index is 1.29. The van der Waals surface area contributed by atoms with E-state index in [4.69, 9.17) is 12.2 Å². The minimum atomic E-state index is -0.239. The largest absolute Gasteiger partial charge is 0.368 e. The van der Waals surface area contributed by atoms with Gasteiger partial charge in [0, 0.05) is 46.7 Å². The number of benzene rings is 3. The molecule has 1 aliphatic rings. The standard InChI is InChI=1S/C25H23IN4O2S/c26-22-9-5-4-8-21(22)23(31)28-25(33)27-19-10-12-20(13-11-19)29-14-16-30(17-15-29)24(32)18-6-2-1-3-7-18/h1-13H,14-17H2,(H2,27,28,31,33). The average molecular weight is 570 g/mol. The lowest BCUT2D eigenvalue weighted by Gasteiger charge is -2.36. The number of anilines is 2. The number of hydrogen-bond acceptors (Lipinski definition) is 4. The maximum atomic E-state index is 12.6. The molecule has 1 heterocycles. The average Bonchev–Trinajstić information content (AvgIpc) is 2.85. The molecule has 1 fully saturated rings. The van der Waals surface area contributed by atoms with E-state index < -0.39 is 0 Å². The predicted molar refractivity (Wildman–Crippen MR) is 144 cm³/mol. The SMILES string of the molecule is O=C(NC(=S)Nc1ccc(N2CCN(C(=O)c3ccccc3)CC2)cc1)c1ccccc1I. The fraction of sp³-hybridized carbons (Fsp3) is 0.160. The van der Waals surface area contributed by atoms with Crippen LogP contribution in [0.3, 0.4) is 0 Å². The minimum Gasteiger partial charge on any atom is -0.368 e. The second-order valence-electron chi connectivity index (χ2n) is 7.58. The van der Waals surface area contributed by atoms with Crippen LogP contribution >= 0.6 is 34.8 Å². The van der Waals surface area contributed by atoms with Crippen molar-refractivity contribution in [2.24, 2.45) is 0 Å². The number of carbonyl (C=O) groups excluding carboxylic acids is 2. The van der Waals surface area contributed by atoms with Crippen molar-refractivity contribution in [3.05, 3.63) is 93.6 Å². The van der Waals surface area contributed by atoms with Crippen LogP contribution in [0.15, 0.2) is 78.9 Å².